The van der Waals surface area contributed by atoms with Gasteiger partial charge in [-0.2, -0.15) is 0 Å². The maximum absolute atomic E-state index is 12.8. The third kappa shape index (κ3) is 4.15. The van der Waals surface area contributed by atoms with Gasteiger partial charge in [-0.15, -0.1) is 11.3 Å². The fraction of sp³-hybridized carbons (Fsp3) is 0.389. The van der Waals surface area contributed by atoms with Gasteiger partial charge in [-0.05, 0) is 43.9 Å². The van der Waals surface area contributed by atoms with Crippen LogP contribution >= 0.6 is 11.3 Å². The third-order valence-corrected chi connectivity index (χ3v) is 7.76. The van der Waals surface area contributed by atoms with Crippen LogP contribution in [-0.2, 0) is 29.4 Å². The number of hydrogen-bond donors (Lipinski definition) is 3. The van der Waals surface area contributed by atoms with E-state index in [2.05, 4.69) is 10.0 Å². The Bertz CT molecular complexity index is 891. The molecule has 6 nitrogen and oxygen atoms in total. The van der Waals surface area contributed by atoms with Crippen LogP contribution in [0.3, 0.4) is 0 Å². The summed E-state index contributed by atoms with van der Waals surface area (Å²) in [5.41, 5.74) is 1.73. The Morgan fingerprint density at radius 1 is 1.35 bits per heavy atom. The summed E-state index contributed by atoms with van der Waals surface area (Å²) in [5.74, 6) is -1.18. The number of aryl methyl sites for hydroxylation is 1. The summed E-state index contributed by atoms with van der Waals surface area (Å²) >= 11 is 1.06. The molecule has 0 aliphatic carbocycles. The molecule has 1 aromatic carbocycles. The minimum Gasteiger partial charge on any atom is -0.478 e. The smallest absolute Gasteiger partial charge is 0.338 e. The number of carbonyl (C=O) groups is 1. The van der Waals surface area contributed by atoms with Crippen molar-refractivity contribution < 1.29 is 18.3 Å². The molecular weight excluding hydrogens is 372 g/mol. The molecule has 1 aliphatic heterocycles. The molecule has 0 spiro atoms. The van der Waals surface area contributed by atoms with Gasteiger partial charge in [0.25, 0.3) is 10.0 Å². The highest BCUT2D eigenvalue weighted by Crippen LogP contribution is 2.34. The molecule has 0 radical (unpaired) electrons. The molecule has 0 fully saturated rings. The van der Waals surface area contributed by atoms with Crippen molar-refractivity contribution >= 4 is 27.3 Å². The van der Waals surface area contributed by atoms with Gasteiger partial charge in [-0.3, -0.25) is 0 Å². The molecule has 0 saturated carbocycles. The summed E-state index contributed by atoms with van der Waals surface area (Å²) in [7, 11) is -3.87. The second kappa shape index (κ2) is 7.87. The zero-order chi connectivity index (χ0) is 18.7. The van der Waals surface area contributed by atoms with Crippen molar-refractivity contribution in [3.8, 4) is 0 Å². The number of hydrogen-bond acceptors (Lipinski definition) is 5. The first kappa shape index (κ1) is 19.0. The van der Waals surface area contributed by atoms with Crippen molar-refractivity contribution in [2.24, 2.45) is 0 Å². The average molecular weight is 395 g/mol. The molecule has 2 aromatic rings. The highest BCUT2D eigenvalue weighted by atomic mass is 32.2. The largest absolute Gasteiger partial charge is 0.478 e. The van der Waals surface area contributed by atoms with E-state index in [-0.39, 0.29) is 15.8 Å². The Labute approximate surface area is 157 Å². The number of benzene rings is 1. The molecule has 3 rings (SSSR count). The van der Waals surface area contributed by atoms with E-state index in [4.69, 9.17) is 0 Å². The van der Waals surface area contributed by atoms with Gasteiger partial charge in [-0.25, -0.2) is 17.9 Å². The fourth-order valence-corrected chi connectivity index (χ4v) is 6.28. The second-order valence-electron chi connectivity index (χ2n) is 6.44. The van der Waals surface area contributed by atoms with Crippen molar-refractivity contribution in [1.29, 1.82) is 0 Å². The topological polar surface area (TPSA) is 95.5 Å². The lowest BCUT2D eigenvalue weighted by molar-refractivity contribution is 0.0692. The summed E-state index contributed by atoms with van der Waals surface area (Å²) < 4.78 is 28.2. The number of thiophene rings is 1. The molecule has 140 valence electrons. The Balaban J connectivity index is 1.77. The zero-order valence-electron chi connectivity index (χ0n) is 14.5. The van der Waals surface area contributed by atoms with E-state index >= 15 is 0 Å². The van der Waals surface area contributed by atoms with Gasteiger partial charge in [0.2, 0.25) is 0 Å². The van der Waals surface area contributed by atoms with E-state index < -0.39 is 16.0 Å². The van der Waals surface area contributed by atoms with Crippen LogP contribution < -0.4 is 10.0 Å². The minimum absolute atomic E-state index is 0.0609. The third-order valence-electron chi connectivity index (χ3n) is 4.42. The molecule has 8 heteroatoms. The van der Waals surface area contributed by atoms with Crippen molar-refractivity contribution in [3.05, 3.63) is 51.9 Å². The Morgan fingerprint density at radius 3 is 2.77 bits per heavy atom. The minimum atomic E-state index is -3.87. The quantitative estimate of drug-likeness (QED) is 0.670. The summed E-state index contributed by atoms with van der Waals surface area (Å²) in [6.45, 7) is 2.97. The van der Waals surface area contributed by atoms with Crippen LogP contribution in [0, 0.1) is 0 Å². The lowest BCUT2D eigenvalue weighted by Crippen LogP contribution is -2.33. The average Bonchev–Trinajstić information content (AvgIpc) is 3.01. The summed E-state index contributed by atoms with van der Waals surface area (Å²) in [6, 6.07) is 9.56. The van der Waals surface area contributed by atoms with Gasteiger partial charge in [-0.1, -0.05) is 30.3 Å². The first-order valence-corrected chi connectivity index (χ1v) is 10.8. The van der Waals surface area contributed by atoms with Gasteiger partial charge >= 0.3 is 5.97 Å². The standard InChI is InChI=1S/C18H22N2O4S2/c1-12(7-8-13-5-3-2-4-6-13)20-26(23,24)18-16(17(21)22)14-9-10-19-11-15(14)25-18/h2-6,12,19-20H,7-11H2,1H3,(H,21,22)/t12-/m1/s1. The monoisotopic (exact) mass is 394 g/mol. The van der Waals surface area contributed by atoms with E-state index in [1.165, 1.54) is 0 Å². The van der Waals surface area contributed by atoms with Crippen LogP contribution in [0.4, 0.5) is 0 Å². The predicted molar refractivity (Wildman–Crippen MR) is 101 cm³/mol. The van der Waals surface area contributed by atoms with Crippen LogP contribution in [0.1, 0.15) is 39.7 Å². The van der Waals surface area contributed by atoms with E-state index in [1.54, 1.807) is 6.92 Å². The van der Waals surface area contributed by atoms with Gasteiger partial charge in [0.1, 0.15) is 4.21 Å². The maximum Gasteiger partial charge on any atom is 0.338 e. The molecule has 2 heterocycles. The normalized spacial score (nSPS) is 15.4. The maximum atomic E-state index is 12.8. The Hall–Kier alpha value is -1.74. The Kier molecular flexibility index (Phi) is 5.76. The van der Waals surface area contributed by atoms with Crippen molar-refractivity contribution in [3.63, 3.8) is 0 Å². The van der Waals surface area contributed by atoms with Crippen LogP contribution in [0.25, 0.3) is 0 Å². The summed E-state index contributed by atoms with van der Waals surface area (Å²) in [6.07, 6.45) is 1.92. The lowest BCUT2D eigenvalue weighted by Gasteiger charge is -2.14. The number of fused-ring (bicyclic) bond motifs is 1. The fourth-order valence-electron chi connectivity index (χ4n) is 3.12. The summed E-state index contributed by atoms with van der Waals surface area (Å²) in [4.78, 5) is 12.5. The van der Waals surface area contributed by atoms with Gasteiger partial charge in [0, 0.05) is 17.5 Å². The number of carboxylic acid groups (broad SMARTS) is 1. The van der Waals surface area contributed by atoms with E-state index in [0.29, 0.717) is 31.5 Å². The van der Waals surface area contributed by atoms with Crippen LogP contribution in [0.2, 0.25) is 0 Å². The predicted octanol–water partition coefficient (Wildman–Crippen LogP) is 2.39. The first-order chi connectivity index (χ1) is 12.4. The van der Waals surface area contributed by atoms with E-state index in [0.717, 1.165) is 28.2 Å². The molecule has 1 aliphatic rings. The summed E-state index contributed by atoms with van der Waals surface area (Å²) in [5, 5.41) is 12.7. The molecule has 3 N–H and O–H groups in total. The van der Waals surface area contributed by atoms with E-state index in [1.807, 2.05) is 30.3 Å². The van der Waals surface area contributed by atoms with Crippen LogP contribution in [-0.4, -0.2) is 32.1 Å². The number of nitrogens with one attached hydrogen (secondary N) is 2. The van der Waals surface area contributed by atoms with Crippen LogP contribution in [0.5, 0.6) is 0 Å². The van der Waals surface area contributed by atoms with E-state index in [9.17, 15) is 18.3 Å². The van der Waals surface area contributed by atoms with Gasteiger partial charge in [0.05, 0.1) is 5.56 Å². The molecular formula is C18H22N2O4S2. The molecule has 1 aromatic heterocycles. The molecule has 0 saturated heterocycles. The molecule has 0 amide bonds. The zero-order valence-corrected chi connectivity index (χ0v) is 16.1. The number of sulfonamides is 1. The second-order valence-corrected chi connectivity index (χ2v) is 9.46. The van der Waals surface area contributed by atoms with Crippen molar-refractivity contribution in [2.75, 3.05) is 6.54 Å². The molecule has 0 unspecified atom stereocenters. The number of aromatic carboxylic acids is 1. The first-order valence-electron chi connectivity index (χ1n) is 8.53. The van der Waals surface area contributed by atoms with Crippen molar-refractivity contribution in [1.82, 2.24) is 10.0 Å². The van der Waals surface area contributed by atoms with Gasteiger partial charge in [0.15, 0.2) is 0 Å². The number of rotatable bonds is 7. The highest BCUT2D eigenvalue weighted by Gasteiger charge is 2.32. The van der Waals surface area contributed by atoms with Crippen LogP contribution in [0.15, 0.2) is 34.5 Å². The Morgan fingerprint density at radius 2 is 2.08 bits per heavy atom. The van der Waals surface area contributed by atoms with Crippen molar-refractivity contribution in [2.45, 2.75) is 43.0 Å². The number of carboxylic acids is 1. The lowest BCUT2D eigenvalue weighted by atomic mass is 10.1. The molecule has 0 bridgehead atoms. The molecule has 26 heavy (non-hydrogen) atoms. The molecule has 1 atom stereocenters. The SMILES string of the molecule is C[C@H](CCc1ccccc1)NS(=O)(=O)c1sc2c(c1C(=O)O)CCNC2. The highest BCUT2D eigenvalue weighted by molar-refractivity contribution is 7.91. The van der Waals surface area contributed by atoms with Gasteiger partial charge < -0.3 is 10.4 Å².